The van der Waals surface area contributed by atoms with Crippen molar-refractivity contribution < 1.29 is 9.47 Å². The molecule has 0 spiro atoms. The second-order valence-electron chi connectivity index (χ2n) is 2.63. The minimum absolute atomic E-state index is 0.398. The predicted octanol–water partition coefficient (Wildman–Crippen LogP) is 1.91. The van der Waals surface area contributed by atoms with Crippen LogP contribution in [0.2, 0.25) is 0 Å². The van der Waals surface area contributed by atoms with Crippen molar-refractivity contribution >= 4 is 24.1 Å². The van der Waals surface area contributed by atoms with Gasteiger partial charge in [0.15, 0.2) is 0 Å². The summed E-state index contributed by atoms with van der Waals surface area (Å²) in [6.07, 6.45) is 0. The molecule has 3 heteroatoms. The summed E-state index contributed by atoms with van der Waals surface area (Å²) < 4.78 is 11.8. The van der Waals surface area contributed by atoms with E-state index in [2.05, 4.69) is 11.0 Å². The molecule has 0 radical (unpaired) electrons. The monoisotopic (exact) mass is 242 g/mol. The quantitative estimate of drug-likeness (QED) is 0.748. The van der Waals surface area contributed by atoms with Crippen molar-refractivity contribution in [2.45, 2.75) is 0 Å². The Morgan fingerprint density at radius 1 is 1.00 bits per heavy atom. The average Bonchev–Trinajstić information content (AvgIpc) is 2.64. The van der Waals surface area contributed by atoms with E-state index in [1.54, 1.807) is 14.2 Å². The molecule has 0 fully saturated rings. The van der Waals surface area contributed by atoms with Crippen molar-refractivity contribution in [2.24, 2.45) is 0 Å². The Bertz CT molecular complexity index is 382. The van der Waals surface area contributed by atoms with Gasteiger partial charge in [0.2, 0.25) is 0 Å². The first kappa shape index (κ1) is 8.67. The molecule has 0 saturated carbocycles. The Balaban J connectivity index is 2.74. The van der Waals surface area contributed by atoms with Crippen molar-refractivity contribution in [3.63, 3.8) is 0 Å². The molecule has 2 aromatic rings. The summed E-state index contributed by atoms with van der Waals surface area (Å²) >= 11 is 0.398. The van der Waals surface area contributed by atoms with Crippen molar-refractivity contribution in [1.29, 1.82) is 0 Å². The first-order valence-electron chi connectivity index (χ1n) is 3.95. The number of methoxy groups -OCH3 is 2. The van der Waals surface area contributed by atoms with Gasteiger partial charge in [-0.2, -0.15) is 0 Å². The van der Waals surface area contributed by atoms with E-state index in [1.807, 2.05) is 12.1 Å². The number of benzene rings is 1. The van der Waals surface area contributed by atoms with Gasteiger partial charge in [-0.3, -0.25) is 0 Å². The van der Waals surface area contributed by atoms with Crippen LogP contribution in [-0.4, -0.2) is 28.7 Å². The third kappa shape index (κ3) is 1.34. The molecule has 0 amide bonds. The molecule has 1 aromatic carbocycles. The Hall–Kier alpha value is -0.921. The number of ether oxygens (including phenoxy) is 2. The van der Waals surface area contributed by atoms with Crippen LogP contribution in [0, 0.1) is 0 Å². The fraction of sp³-hybridized carbons (Fsp3) is 0.200. The van der Waals surface area contributed by atoms with E-state index in [1.165, 1.54) is 9.65 Å². The summed E-state index contributed by atoms with van der Waals surface area (Å²) in [5, 5.41) is 1.18. The van der Waals surface area contributed by atoms with Gasteiger partial charge in [-0.1, -0.05) is 0 Å². The molecule has 1 aromatic heterocycles. The van der Waals surface area contributed by atoms with Gasteiger partial charge in [-0.05, 0) is 0 Å². The minimum atomic E-state index is 0.398. The maximum absolute atomic E-state index is 5.28. The van der Waals surface area contributed by atoms with Crippen molar-refractivity contribution in [2.75, 3.05) is 14.2 Å². The standard InChI is InChI=1S/C10H10O2Se/c1-11-8-3-4-9(12-2)10-7(8)5-6-13-10/h3-6H,1-2H3. The summed E-state index contributed by atoms with van der Waals surface area (Å²) in [6.45, 7) is 0. The second kappa shape index (κ2) is 3.44. The van der Waals surface area contributed by atoms with E-state index < -0.39 is 0 Å². The van der Waals surface area contributed by atoms with Gasteiger partial charge in [0.05, 0.1) is 0 Å². The summed E-state index contributed by atoms with van der Waals surface area (Å²) in [6, 6.07) is 6.02. The summed E-state index contributed by atoms with van der Waals surface area (Å²) in [5.41, 5.74) is 0. The summed E-state index contributed by atoms with van der Waals surface area (Å²) in [5.74, 6) is 1.91. The summed E-state index contributed by atoms with van der Waals surface area (Å²) in [7, 11) is 3.40. The molecule has 0 atom stereocenters. The molecule has 0 unspecified atom stereocenters. The third-order valence-corrected chi connectivity index (χ3v) is 3.93. The fourth-order valence-corrected chi connectivity index (χ4v) is 3.24. The van der Waals surface area contributed by atoms with Crippen LogP contribution < -0.4 is 9.47 Å². The van der Waals surface area contributed by atoms with Crippen LogP contribution >= 0.6 is 0 Å². The zero-order valence-corrected chi connectivity index (χ0v) is 9.25. The zero-order valence-electron chi connectivity index (χ0n) is 7.53. The van der Waals surface area contributed by atoms with E-state index in [0.717, 1.165) is 11.5 Å². The first-order chi connectivity index (χ1) is 6.36. The van der Waals surface area contributed by atoms with Crippen LogP contribution in [0.3, 0.4) is 0 Å². The molecule has 0 aliphatic rings. The van der Waals surface area contributed by atoms with Crippen molar-refractivity contribution in [1.82, 2.24) is 0 Å². The molecule has 1 heterocycles. The summed E-state index contributed by atoms with van der Waals surface area (Å²) in [4.78, 5) is 2.18. The number of fused-ring (bicyclic) bond motifs is 1. The molecule has 68 valence electrons. The number of rotatable bonds is 2. The molecule has 2 rings (SSSR count). The Morgan fingerprint density at radius 3 is 2.38 bits per heavy atom. The van der Waals surface area contributed by atoms with E-state index in [4.69, 9.17) is 9.47 Å². The number of hydrogen-bond acceptors (Lipinski definition) is 2. The third-order valence-electron chi connectivity index (χ3n) is 1.98. The molecule has 0 saturated heterocycles. The van der Waals surface area contributed by atoms with Crippen molar-refractivity contribution in [3.05, 3.63) is 23.1 Å². The van der Waals surface area contributed by atoms with Gasteiger partial charge in [-0.25, -0.2) is 0 Å². The normalized spacial score (nSPS) is 10.3. The van der Waals surface area contributed by atoms with E-state index in [-0.39, 0.29) is 0 Å². The fourth-order valence-electron chi connectivity index (χ4n) is 1.35. The van der Waals surface area contributed by atoms with Gasteiger partial charge < -0.3 is 0 Å². The molecular weight excluding hydrogens is 231 g/mol. The van der Waals surface area contributed by atoms with E-state index in [0.29, 0.717) is 14.5 Å². The second-order valence-corrected chi connectivity index (χ2v) is 4.56. The molecule has 0 N–H and O–H groups in total. The molecule has 0 bridgehead atoms. The SMILES string of the molecule is COc1ccc(OC)c2[se]ccc12. The van der Waals surface area contributed by atoms with Gasteiger partial charge in [0, 0.05) is 0 Å². The van der Waals surface area contributed by atoms with Crippen LogP contribution in [0.25, 0.3) is 9.65 Å². The first-order valence-corrected chi connectivity index (χ1v) is 5.79. The topological polar surface area (TPSA) is 18.5 Å². The Morgan fingerprint density at radius 2 is 1.69 bits per heavy atom. The van der Waals surface area contributed by atoms with Crippen LogP contribution in [-0.2, 0) is 0 Å². The predicted molar refractivity (Wildman–Crippen MR) is 54.0 cm³/mol. The maximum atomic E-state index is 5.28. The van der Waals surface area contributed by atoms with Crippen molar-refractivity contribution in [3.8, 4) is 11.5 Å². The molecular formula is C10H10O2Se. The molecule has 0 aliphatic carbocycles. The van der Waals surface area contributed by atoms with E-state index >= 15 is 0 Å². The van der Waals surface area contributed by atoms with Crippen LogP contribution in [0.15, 0.2) is 23.1 Å². The van der Waals surface area contributed by atoms with Gasteiger partial charge in [0.25, 0.3) is 0 Å². The van der Waals surface area contributed by atoms with Gasteiger partial charge >= 0.3 is 82.5 Å². The molecule has 2 nitrogen and oxygen atoms in total. The van der Waals surface area contributed by atoms with Gasteiger partial charge in [-0.15, -0.1) is 0 Å². The van der Waals surface area contributed by atoms with Crippen LogP contribution in [0.1, 0.15) is 0 Å². The Kier molecular flexibility index (Phi) is 2.30. The van der Waals surface area contributed by atoms with E-state index in [9.17, 15) is 0 Å². The van der Waals surface area contributed by atoms with Crippen LogP contribution in [0.5, 0.6) is 11.5 Å². The zero-order chi connectivity index (χ0) is 9.26. The molecule has 0 aliphatic heterocycles. The Labute approximate surface area is 82.8 Å². The average molecular weight is 241 g/mol. The number of hydrogen-bond donors (Lipinski definition) is 0. The molecule has 13 heavy (non-hydrogen) atoms. The van der Waals surface area contributed by atoms with Gasteiger partial charge in [0.1, 0.15) is 0 Å². The van der Waals surface area contributed by atoms with Crippen LogP contribution in [0.4, 0.5) is 0 Å².